The van der Waals surface area contributed by atoms with E-state index >= 15 is 8.78 Å². The predicted molar refractivity (Wildman–Crippen MR) is 230 cm³/mol. The molecule has 2 aliphatic heterocycles. The molecule has 13 nitrogen and oxygen atoms in total. The number of allylic oxidation sites excluding steroid dienone is 4. The summed E-state index contributed by atoms with van der Waals surface area (Å²) in [7, 11) is 0. The van der Waals surface area contributed by atoms with Gasteiger partial charge in [-0.1, -0.05) is 56.0 Å². The highest BCUT2D eigenvalue weighted by atomic mass is 32.2. The van der Waals surface area contributed by atoms with Gasteiger partial charge in [-0.15, -0.1) is 0 Å². The van der Waals surface area contributed by atoms with Crippen molar-refractivity contribution in [1.82, 2.24) is 10.2 Å². The lowest BCUT2D eigenvalue weighted by molar-refractivity contribution is -0.235. The molecule has 12 atom stereocenters. The first-order valence-electron chi connectivity index (χ1n) is 21.9. The highest BCUT2D eigenvalue weighted by Crippen LogP contribution is 2.72. The van der Waals surface area contributed by atoms with Crippen LogP contribution in [-0.2, 0) is 49.5 Å². The molecule has 3 saturated carbocycles. The van der Waals surface area contributed by atoms with Crippen molar-refractivity contribution < 1.29 is 62.0 Å². The quantitative estimate of drug-likeness (QED) is 0.203. The molecule has 0 unspecified atom stereocenters. The lowest BCUT2D eigenvalue weighted by Crippen LogP contribution is -2.70. The van der Waals surface area contributed by atoms with Crippen molar-refractivity contribution in [1.29, 1.82) is 0 Å². The number of fused-ring (bicyclic) bond motifs is 7. The van der Waals surface area contributed by atoms with E-state index in [9.17, 15) is 43.8 Å². The molecule has 3 N–H and O–H groups in total. The average Bonchev–Trinajstić information content (AvgIpc) is 3.90. The molecule has 4 aliphatic carbocycles. The summed E-state index contributed by atoms with van der Waals surface area (Å²) in [6, 6.07) is 13.9. The van der Waals surface area contributed by atoms with Crippen LogP contribution in [0.5, 0.6) is 0 Å². The fourth-order valence-corrected chi connectivity index (χ4v) is 12.3. The van der Waals surface area contributed by atoms with Gasteiger partial charge in [0.1, 0.15) is 18.6 Å². The van der Waals surface area contributed by atoms with E-state index in [4.69, 9.17) is 9.47 Å². The Morgan fingerprint density at radius 1 is 0.938 bits per heavy atom. The number of hydrogen-bond acceptors (Lipinski definition) is 12. The van der Waals surface area contributed by atoms with Crippen molar-refractivity contribution >= 4 is 52.6 Å². The molecule has 6 aliphatic rings. The van der Waals surface area contributed by atoms with Gasteiger partial charge in [-0.2, -0.15) is 0 Å². The molecule has 3 amide bonds. The van der Waals surface area contributed by atoms with Gasteiger partial charge in [-0.3, -0.25) is 38.5 Å². The van der Waals surface area contributed by atoms with Crippen LogP contribution in [0, 0.1) is 28.6 Å². The Morgan fingerprint density at radius 2 is 1.58 bits per heavy atom. The van der Waals surface area contributed by atoms with Crippen molar-refractivity contribution in [3.63, 3.8) is 0 Å². The standard InChI is InChI=1S/C49H52F2N2O11S/c1-26(19-31(56)16-18-53-42(60)13-14-43(53)61)44(62)52-27(2)38(57)20-28-5-9-32(10-6-28)65-33-11-7-29(8-12-33)45-63-41-23-34-35-22-37(50)36-21-30(55)15-17-46(36,3)48(35,51)39(58)24-47(34,4)49(41,64-45)40(59)25-54/h5-15,17,21,26-27,34-35,37,39,41,45,54,58H,16,18-20,22-25H2,1-4H3,(H,52,62)/t26-,27+,34+,35+,37+,39+,41-,45+,46+,47+,48+,49-/m1/s1. The summed E-state index contributed by atoms with van der Waals surface area (Å²) in [5.74, 6) is -5.46. The van der Waals surface area contributed by atoms with Crippen LogP contribution < -0.4 is 5.32 Å². The molecule has 4 fully saturated rings. The molecule has 8 rings (SSSR count). The molecule has 0 spiro atoms. The fraction of sp³-hybridized carbons (Fsp3) is 0.490. The van der Waals surface area contributed by atoms with E-state index in [2.05, 4.69) is 5.32 Å². The van der Waals surface area contributed by atoms with Crippen LogP contribution in [0.4, 0.5) is 8.78 Å². The number of benzene rings is 2. The van der Waals surface area contributed by atoms with Gasteiger partial charge in [0, 0.05) is 76.0 Å². The van der Waals surface area contributed by atoms with Gasteiger partial charge >= 0.3 is 0 Å². The van der Waals surface area contributed by atoms with Gasteiger partial charge in [0.15, 0.2) is 34.9 Å². The number of hydrogen-bond donors (Lipinski definition) is 3. The van der Waals surface area contributed by atoms with E-state index in [-0.39, 0.29) is 62.2 Å². The second-order valence-electron chi connectivity index (χ2n) is 18.7. The minimum atomic E-state index is -2.35. The van der Waals surface area contributed by atoms with Crippen LogP contribution in [0.25, 0.3) is 0 Å². The van der Waals surface area contributed by atoms with Crippen LogP contribution in [0.3, 0.4) is 0 Å². The highest BCUT2D eigenvalue weighted by Gasteiger charge is 2.80. The van der Waals surface area contributed by atoms with E-state index in [1.807, 2.05) is 36.4 Å². The van der Waals surface area contributed by atoms with Crippen molar-refractivity contribution in [2.45, 2.75) is 118 Å². The molecule has 344 valence electrons. The first kappa shape index (κ1) is 46.5. The predicted octanol–water partition coefficient (Wildman–Crippen LogP) is 5.01. The summed E-state index contributed by atoms with van der Waals surface area (Å²) in [5, 5.41) is 24.8. The van der Waals surface area contributed by atoms with E-state index in [0.717, 1.165) is 38.5 Å². The van der Waals surface area contributed by atoms with Crippen molar-refractivity contribution in [2.24, 2.45) is 28.6 Å². The van der Waals surface area contributed by atoms with Gasteiger partial charge in [0.25, 0.3) is 11.8 Å². The molecule has 0 bridgehead atoms. The average molecular weight is 915 g/mol. The molecule has 0 aromatic heterocycles. The Hall–Kier alpha value is -5.00. The van der Waals surface area contributed by atoms with Crippen LogP contribution in [-0.4, -0.2) is 105 Å². The largest absolute Gasteiger partial charge is 0.390 e. The minimum Gasteiger partial charge on any atom is -0.390 e. The van der Waals surface area contributed by atoms with Crippen LogP contribution in [0.1, 0.15) is 77.2 Å². The Balaban J connectivity index is 0.866. The maximum Gasteiger partial charge on any atom is 0.253 e. The topological polar surface area (TPSA) is 194 Å². The smallest absolute Gasteiger partial charge is 0.253 e. The third-order valence-electron chi connectivity index (χ3n) is 15.0. The number of nitrogens with zero attached hydrogens (tertiary/aromatic N) is 1. The number of Topliss-reactive ketones (excluding diaryl/α,β-unsaturated/α-hetero) is 3. The number of carbonyl (C=O) groups excluding carboxylic acids is 7. The molecule has 2 aromatic rings. The Morgan fingerprint density at radius 3 is 2.23 bits per heavy atom. The summed E-state index contributed by atoms with van der Waals surface area (Å²) in [6.07, 6.45) is 0.244. The van der Waals surface area contributed by atoms with E-state index in [0.29, 0.717) is 5.56 Å². The maximum atomic E-state index is 17.7. The molecular formula is C49H52F2N2O11S. The monoisotopic (exact) mass is 914 g/mol. The molecule has 16 heteroatoms. The number of ether oxygens (including phenoxy) is 2. The molecule has 2 heterocycles. The van der Waals surface area contributed by atoms with Crippen LogP contribution in [0.15, 0.2) is 94.3 Å². The molecule has 0 radical (unpaired) electrons. The fourth-order valence-electron chi connectivity index (χ4n) is 11.4. The third kappa shape index (κ3) is 7.78. The Bertz CT molecular complexity index is 2400. The van der Waals surface area contributed by atoms with E-state index < -0.39 is 106 Å². The molecule has 65 heavy (non-hydrogen) atoms. The Kier molecular flexibility index (Phi) is 12.4. The van der Waals surface area contributed by atoms with Crippen molar-refractivity contribution in [2.75, 3.05) is 13.2 Å². The second-order valence-corrected chi connectivity index (χ2v) is 19.9. The number of nitrogens with one attached hydrogen (secondary N) is 1. The minimum absolute atomic E-state index is 0.00342. The summed E-state index contributed by atoms with van der Waals surface area (Å²) in [5.41, 5.74) is -5.60. The van der Waals surface area contributed by atoms with Crippen LogP contribution in [0.2, 0.25) is 0 Å². The zero-order valence-electron chi connectivity index (χ0n) is 36.5. The number of aliphatic hydroxyl groups is 2. The van der Waals surface area contributed by atoms with E-state index in [1.54, 1.807) is 32.9 Å². The second kappa shape index (κ2) is 17.3. The van der Waals surface area contributed by atoms with Gasteiger partial charge in [0.2, 0.25) is 5.91 Å². The van der Waals surface area contributed by atoms with Gasteiger partial charge in [-0.25, -0.2) is 8.78 Å². The SMILES string of the molecule is C[C@H](CC(=O)CCN1C(=O)C=CC1=O)C(=O)N[C@@H](C)C(=O)Cc1ccc(Sc2ccc([C@H]3O[C@@H]4C[C@H]5[C@@H]6C[C@H](F)C7=CC(=O)C=C[C@]7(C)[C@@]6(F)[C@@H](O)C[C@]5(C)[C@]4(C(=O)CO)O3)cc2)cc1. The molecule has 2 aromatic carbocycles. The zero-order valence-corrected chi connectivity index (χ0v) is 37.3. The number of rotatable bonds is 15. The number of aliphatic hydroxyl groups excluding tert-OH is 2. The lowest BCUT2D eigenvalue weighted by Gasteiger charge is -2.63. The Labute approximate surface area is 379 Å². The molecular weight excluding hydrogens is 863 g/mol. The lowest BCUT2D eigenvalue weighted by atomic mass is 9.44. The van der Waals surface area contributed by atoms with Crippen molar-refractivity contribution in [3.05, 3.63) is 95.6 Å². The zero-order chi connectivity index (χ0) is 46.8. The van der Waals surface area contributed by atoms with Crippen molar-refractivity contribution in [3.8, 4) is 0 Å². The first-order chi connectivity index (χ1) is 30.7. The number of amides is 3. The van der Waals surface area contributed by atoms with E-state index in [1.165, 1.54) is 30.8 Å². The summed E-state index contributed by atoms with van der Waals surface area (Å²) in [6.45, 7) is 5.46. The maximum absolute atomic E-state index is 17.7. The number of alkyl halides is 2. The summed E-state index contributed by atoms with van der Waals surface area (Å²) >= 11 is 1.46. The summed E-state index contributed by atoms with van der Waals surface area (Å²) < 4.78 is 46.7. The number of halogens is 2. The first-order valence-corrected chi connectivity index (χ1v) is 22.8. The van der Waals surface area contributed by atoms with Gasteiger partial charge in [-0.05, 0) is 86.6 Å². The normalized spacial score (nSPS) is 34.3. The number of imide groups is 1. The third-order valence-corrected chi connectivity index (χ3v) is 16.0. The summed E-state index contributed by atoms with van der Waals surface area (Å²) in [4.78, 5) is 90.5. The van der Waals surface area contributed by atoms with Gasteiger partial charge in [0.05, 0.1) is 18.2 Å². The van der Waals surface area contributed by atoms with Gasteiger partial charge < -0.3 is 25.0 Å². The molecule has 1 saturated heterocycles. The van der Waals surface area contributed by atoms with Crippen LogP contribution >= 0.6 is 11.8 Å². The highest BCUT2D eigenvalue weighted by molar-refractivity contribution is 7.99. The number of ketones is 4. The number of carbonyl (C=O) groups is 7.